The number of amides is 1. The van der Waals surface area contributed by atoms with Crippen LogP contribution in [0.3, 0.4) is 0 Å². The minimum atomic E-state index is -4.80. The Bertz CT molecular complexity index is 1030. The van der Waals surface area contributed by atoms with Gasteiger partial charge in [0.1, 0.15) is 0 Å². The topological polar surface area (TPSA) is 67.6 Å². The van der Waals surface area contributed by atoms with E-state index in [0.29, 0.717) is 18.1 Å². The van der Waals surface area contributed by atoms with Crippen LogP contribution >= 0.6 is 0 Å². The third-order valence-electron chi connectivity index (χ3n) is 6.64. The van der Waals surface area contributed by atoms with Gasteiger partial charge in [0.05, 0.1) is 11.6 Å². The molecule has 1 atom stereocenters. The molecule has 0 bridgehead atoms. The number of piperidine rings is 1. The van der Waals surface area contributed by atoms with Crippen LogP contribution in [0.4, 0.5) is 18.9 Å². The molecule has 1 unspecified atom stereocenters. The molecule has 0 aromatic heterocycles. The van der Waals surface area contributed by atoms with E-state index in [9.17, 15) is 23.1 Å². The van der Waals surface area contributed by atoms with Crippen molar-refractivity contribution in [1.82, 2.24) is 4.90 Å². The second-order valence-corrected chi connectivity index (χ2v) is 8.97. The van der Waals surface area contributed by atoms with Gasteiger partial charge in [-0.2, -0.15) is 18.4 Å². The second kappa shape index (κ2) is 8.71. The number of carbonyl (C=O) groups is 1. The van der Waals surface area contributed by atoms with E-state index < -0.39 is 11.8 Å². The molecule has 1 saturated carbocycles. The first-order valence-corrected chi connectivity index (χ1v) is 11.1. The van der Waals surface area contributed by atoms with Gasteiger partial charge in [-0.05, 0) is 74.6 Å². The highest BCUT2D eigenvalue weighted by Gasteiger charge is 2.51. The normalized spacial score (nSPS) is 19.0. The fraction of sp³-hybridized carbons (Fsp3) is 0.440. The third kappa shape index (κ3) is 4.69. The molecule has 1 saturated heterocycles. The second-order valence-electron chi connectivity index (χ2n) is 8.97. The molecule has 1 aliphatic carbocycles. The van der Waals surface area contributed by atoms with E-state index in [1.165, 1.54) is 24.3 Å². The summed E-state index contributed by atoms with van der Waals surface area (Å²) in [6, 6.07) is 14.9. The first-order valence-electron chi connectivity index (χ1n) is 11.1. The van der Waals surface area contributed by atoms with E-state index >= 15 is 0 Å². The Labute approximate surface area is 191 Å². The number of carbonyl (C=O) groups excluding carboxylic acids is 1. The zero-order valence-electron chi connectivity index (χ0n) is 18.3. The maximum absolute atomic E-state index is 13.3. The molecule has 0 radical (unpaired) electrons. The minimum Gasteiger partial charge on any atom is -0.376 e. The Morgan fingerprint density at radius 3 is 2.03 bits per heavy atom. The number of hydrogen-bond acceptors (Lipinski definition) is 4. The van der Waals surface area contributed by atoms with Crippen molar-refractivity contribution in [3.8, 4) is 6.07 Å². The number of nitriles is 1. The highest BCUT2D eigenvalue weighted by molar-refractivity contribution is 5.95. The van der Waals surface area contributed by atoms with E-state index in [-0.39, 0.29) is 23.6 Å². The van der Waals surface area contributed by atoms with Crippen LogP contribution in [-0.2, 0) is 5.60 Å². The lowest BCUT2D eigenvalue weighted by Crippen LogP contribution is -2.48. The van der Waals surface area contributed by atoms with E-state index in [1.54, 1.807) is 12.1 Å². The van der Waals surface area contributed by atoms with E-state index in [1.807, 2.05) is 17.0 Å². The van der Waals surface area contributed by atoms with Gasteiger partial charge in [-0.3, -0.25) is 4.79 Å². The van der Waals surface area contributed by atoms with Crippen LogP contribution in [0.2, 0.25) is 0 Å². The number of aliphatic hydroxyl groups is 1. The van der Waals surface area contributed by atoms with Crippen molar-refractivity contribution < 1.29 is 23.1 Å². The number of alkyl halides is 3. The Kier molecular flexibility index (Phi) is 6.10. The largest absolute Gasteiger partial charge is 0.421 e. The molecule has 1 heterocycles. The summed E-state index contributed by atoms with van der Waals surface area (Å²) in [6.07, 6.45) is -1.35. The Morgan fingerprint density at radius 1 is 1.00 bits per heavy atom. The van der Waals surface area contributed by atoms with Gasteiger partial charge in [0.25, 0.3) is 5.91 Å². The summed E-state index contributed by atoms with van der Waals surface area (Å²) in [6.45, 7) is 2.27. The lowest BCUT2D eigenvalue weighted by molar-refractivity contribution is -0.258. The van der Waals surface area contributed by atoms with Crippen molar-refractivity contribution in [3.05, 3.63) is 65.2 Å². The van der Waals surface area contributed by atoms with Crippen molar-refractivity contribution in [2.24, 2.45) is 0 Å². The van der Waals surface area contributed by atoms with Crippen molar-refractivity contribution in [2.75, 3.05) is 18.0 Å². The van der Waals surface area contributed by atoms with Crippen molar-refractivity contribution in [3.63, 3.8) is 0 Å². The molecule has 1 amide bonds. The summed E-state index contributed by atoms with van der Waals surface area (Å²) in [4.78, 5) is 17.4. The Morgan fingerprint density at radius 2 is 1.55 bits per heavy atom. The lowest BCUT2D eigenvalue weighted by Gasteiger charge is -2.40. The average molecular weight is 457 g/mol. The SMILES string of the molecule is CC(O)(c1ccc(C(=O)N(C2CC2)C2CCN(c3ccc(C#N)cc3)CC2)cc1)C(F)(F)F. The van der Waals surface area contributed by atoms with Gasteiger partial charge < -0.3 is 14.9 Å². The summed E-state index contributed by atoms with van der Waals surface area (Å²) >= 11 is 0. The maximum atomic E-state index is 13.3. The summed E-state index contributed by atoms with van der Waals surface area (Å²) in [5.74, 6) is -0.174. The molecular weight excluding hydrogens is 431 g/mol. The van der Waals surface area contributed by atoms with Crippen LogP contribution in [0.25, 0.3) is 0 Å². The van der Waals surface area contributed by atoms with Gasteiger partial charge in [0.15, 0.2) is 5.60 Å². The van der Waals surface area contributed by atoms with Crippen LogP contribution in [0.15, 0.2) is 48.5 Å². The summed E-state index contributed by atoms with van der Waals surface area (Å²) < 4.78 is 39.3. The number of benzene rings is 2. The Balaban J connectivity index is 1.45. The number of hydrogen-bond donors (Lipinski definition) is 1. The van der Waals surface area contributed by atoms with Gasteiger partial charge >= 0.3 is 6.18 Å². The molecule has 8 heteroatoms. The van der Waals surface area contributed by atoms with Gasteiger partial charge in [-0.1, -0.05) is 12.1 Å². The number of anilines is 1. The molecular formula is C25H26F3N3O2. The molecule has 0 spiro atoms. The molecule has 4 rings (SSSR count). The quantitative estimate of drug-likeness (QED) is 0.713. The fourth-order valence-corrected chi connectivity index (χ4v) is 4.38. The van der Waals surface area contributed by atoms with E-state index in [2.05, 4.69) is 11.0 Å². The molecule has 2 aromatic rings. The number of halogens is 3. The van der Waals surface area contributed by atoms with Crippen LogP contribution < -0.4 is 4.90 Å². The molecule has 174 valence electrons. The minimum absolute atomic E-state index is 0.0672. The lowest BCUT2D eigenvalue weighted by atomic mass is 9.94. The summed E-state index contributed by atoms with van der Waals surface area (Å²) in [5, 5.41) is 18.8. The van der Waals surface area contributed by atoms with Crippen LogP contribution in [0.5, 0.6) is 0 Å². The van der Waals surface area contributed by atoms with E-state index in [4.69, 9.17) is 5.26 Å². The van der Waals surface area contributed by atoms with Crippen molar-refractivity contribution >= 4 is 11.6 Å². The molecule has 2 aromatic carbocycles. The summed E-state index contributed by atoms with van der Waals surface area (Å²) in [5.41, 5.74) is -1.27. The standard InChI is InChI=1S/C25H26F3N3O2/c1-24(33,25(26,27)28)19-6-4-18(5-7-19)23(32)31(21-10-11-21)22-12-14-30(15-13-22)20-8-2-17(16-29)3-9-20/h2-9,21-22,33H,10-15H2,1H3. The third-order valence-corrected chi connectivity index (χ3v) is 6.64. The molecule has 1 aliphatic heterocycles. The van der Waals surface area contributed by atoms with Crippen LogP contribution in [-0.4, -0.2) is 47.3 Å². The highest BCUT2D eigenvalue weighted by atomic mass is 19.4. The van der Waals surface area contributed by atoms with Gasteiger partial charge in [0.2, 0.25) is 0 Å². The molecule has 5 nitrogen and oxygen atoms in total. The average Bonchev–Trinajstić information content (AvgIpc) is 3.64. The first kappa shape index (κ1) is 23.1. The fourth-order valence-electron chi connectivity index (χ4n) is 4.38. The number of rotatable bonds is 5. The molecule has 2 aliphatic rings. The van der Waals surface area contributed by atoms with Gasteiger partial charge in [-0.15, -0.1) is 0 Å². The van der Waals surface area contributed by atoms with E-state index in [0.717, 1.165) is 44.5 Å². The van der Waals surface area contributed by atoms with Crippen molar-refractivity contribution in [1.29, 1.82) is 5.26 Å². The molecule has 2 fully saturated rings. The smallest absolute Gasteiger partial charge is 0.376 e. The van der Waals surface area contributed by atoms with Gasteiger partial charge in [-0.25, -0.2) is 0 Å². The van der Waals surface area contributed by atoms with Gasteiger partial charge in [0, 0.05) is 36.4 Å². The predicted octanol–water partition coefficient (Wildman–Crippen LogP) is 4.60. The Hall–Kier alpha value is -3.05. The maximum Gasteiger partial charge on any atom is 0.421 e. The zero-order valence-corrected chi connectivity index (χ0v) is 18.3. The zero-order chi connectivity index (χ0) is 23.8. The highest BCUT2D eigenvalue weighted by Crippen LogP contribution is 2.39. The molecule has 1 N–H and O–H groups in total. The number of nitrogens with zero attached hydrogens (tertiary/aromatic N) is 3. The molecule has 33 heavy (non-hydrogen) atoms. The van der Waals surface area contributed by atoms with Crippen LogP contribution in [0.1, 0.15) is 54.1 Å². The predicted molar refractivity (Wildman–Crippen MR) is 118 cm³/mol. The first-order chi connectivity index (χ1) is 15.6. The summed E-state index contributed by atoms with van der Waals surface area (Å²) in [7, 11) is 0. The van der Waals surface area contributed by atoms with Crippen molar-refractivity contribution in [2.45, 2.75) is 56.5 Å². The van der Waals surface area contributed by atoms with Crippen LogP contribution in [0, 0.1) is 11.3 Å². The monoisotopic (exact) mass is 457 g/mol.